The number of hydrogen-bond acceptors (Lipinski definition) is 5. The smallest absolute Gasteiger partial charge is 0.221 e. The first-order valence-electron chi connectivity index (χ1n) is 10.8. The standard InChI is InChI=1S/C23H30N6O2.2ClH/c1-16(30)27-20-3-5-22(26-13-20)28-9-6-17(7-10-28)15-31-21-4-2-18-8-11-29(23(24)25)14-19(18)12-21;;/h2-5,12-13,17H,6-11,14-15H2,1H3,(H3,24,25)(H,27,30);2*1H. The number of fused-ring (bicyclic) bond motifs is 1. The van der Waals surface area contributed by atoms with Crippen LogP contribution in [0.25, 0.3) is 0 Å². The summed E-state index contributed by atoms with van der Waals surface area (Å²) in [6.45, 7) is 5.56. The van der Waals surface area contributed by atoms with Gasteiger partial charge in [0.05, 0.1) is 18.5 Å². The molecule has 33 heavy (non-hydrogen) atoms. The number of pyridine rings is 1. The topological polar surface area (TPSA) is 108 Å². The van der Waals surface area contributed by atoms with Gasteiger partial charge in [-0.2, -0.15) is 0 Å². The number of halogens is 2. The van der Waals surface area contributed by atoms with E-state index in [0.29, 0.717) is 19.1 Å². The van der Waals surface area contributed by atoms with Crippen LogP contribution >= 0.6 is 24.8 Å². The van der Waals surface area contributed by atoms with Crippen LogP contribution in [0.2, 0.25) is 0 Å². The van der Waals surface area contributed by atoms with Crippen LogP contribution in [-0.2, 0) is 17.8 Å². The van der Waals surface area contributed by atoms with Crippen molar-refractivity contribution in [2.24, 2.45) is 11.7 Å². The molecule has 4 N–H and O–H groups in total. The molecule has 1 aromatic heterocycles. The molecule has 180 valence electrons. The van der Waals surface area contributed by atoms with Gasteiger partial charge in [-0.05, 0) is 60.6 Å². The summed E-state index contributed by atoms with van der Waals surface area (Å²) in [6, 6.07) is 10.1. The second-order valence-corrected chi connectivity index (χ2v) is 8.31. The van der Waals surface area contributed by atoms with Gasteiger partial charge in [0.25, 0.3) is 0 Å². The third-order valence-electron chi connectivity index (χ3n) is 6.02. The Labute approximate surface area is 207 Å². The molecule has 2 aliphatic rings. The van der Waals surface area contributed by atoms with E-state index in [1.54, 1.807) is 6.20 Å². The number of nitrogens with one attached hydrogen (secondary N) is 2. The number of guanidine groups is 1. The average molecular weight is 495 g/mol. The first-order chi connectivity index (χ1) is 15.0. The van der Waals surface area contributed by atoms with Crippen molar-refractivity contribution in [1.82, 2.24) is 9.88 Å². The van der Waals surface area contributed by atoms with E-state index in [4.69, 9.17) is 15.9 Å². The monoisotopic (exact) mass is 494 g/mol. The number of carbonyl (C=O) groups is 1. The normalized spacial score (nSPS) is 15.5. The van der Waals surface area contributed by atoms with Crippen molar-refractivity contribution in [2.45, 2.75) is 32.7 Å². The third-order valence-corrected chi connectivity index (χ3v) is 6.02. The second-order valence-electron chi connectivity index (χ2n) is 8.31. The summed E-state index contributed by atoms with van der Waals surface area (Å²) >= 11 is 0. The summed E-state index contributed by atoms with van der Waals surface area (Å²) in [4.78, 5) is 19.8. The molecular weight excluding hydrogens is 463 g/mol. The van der Waals surface area contributed by atoms with Gasteiger partial charge in [-0.3, -0.25) is 10.2 Å². The Bertz CT molecular complexity index is 948. The highest BCUT2D eigenvalue weighted by Crippen LogP contribution is 2.26. The highest BCUT2D eigenvalue weighted by Gasteiger charge is 2.22. The molecule has 3 heterocycles. The lowest BCUT2D eigenvalue weighted by atomic mass is 9.97. The predicted molar refractivity (Wildman–Crippen MR) is 136 cm³/mol. The summed E-state index contributed by atoms with van der Waals surface area (Å²) < 4.78 is 6.12. The van der Waals surface area contributed by atoms with Crippen LogP contribution in [0.3, 0.4) is 0 Å². The summed E-state index contributed by atoms with van der Waals surface area (Å²) in [5, 5.41) is 10.4. The average Bonchev–Trinajstić information content (AvgIpc) is 2.77. The number of aromatic nitrogens is 1. The van der Waals surface area contributed by atoms with Crippen molar-refractivity contribution in [3.05, 3.63) is 47.7 Å². The molecule has 1 aromatic carbocycles. The van der Waals surface area contributed by atoms with Crippen LogP contribution in [0.4, 0.5) is 11.5 Å². The van der Waals surface area contributed by atoms with Gasteiger partial charge in [-0.25, -0.2) is 4.98 Å². The van der Waals surface area contributed by atoms with Crippen molar-refractivity contribution < 1.29 is 9.53 Å². The van der Waals surface area contributed by atoms with Crippen molar-refractivity contribution in [3.63, 3.8) is 0 Å². The van der Waals surface area contributed by atoms with E-state index in [0.717, 1.165) is 56.2 Å². The summed E-state index contributed by atoms with van der Waals surface area (Å²) in [5.74, 6) is 2.38. The fourth-order valence-electron chi connectivity index (χ4n) is 4.22. The Kier molecular flexibility index (Phi) is 9.61. The number of ether oxygens (including phenoxy) is 1. The zero-order chi connectivity index (χ0) is 21.8. The van der Waals surface area contributed by atoms with Crippen LogP contribution in [-0.4, -0.2) is 48.0 Å². The Morgan fingerprint density at radius 1 is 1.18 bits per heavy atom. The number of nitrogens with two attached hydrogens (primary N) is 1. The van der Waals surface area contributed by atoms with E-state index >= 15 is 0 Å². The Hall–Kier alpha value is -2.71. The van der Waals surface area contributed by atoms with Gasteiger partial charge in [0, 0.05) is 33.1 Å². The van der Waals surface area contributed by atoms with E-state index in [1.807, 2.05) is 17.0 Å². The Balaban J connectivity index is 0.00000193. The first-order valence-corrected chi connectivity index (χ1v) is 10.8. The minimum Gasteiger partial charge on any atom is -0.493 e. The van der Waals surface area contributed by atoms with Gasteiger partial charge >= 0.3 is 0 Å². The summed E-state index contributed by atoms with van der Waals surface area (Å²) in [7, 11) is 0. The fraction of sp³-hybridized carbons (Fsp3) is 0.435. The molecule has 0 unspecified atom stereocenters. The largest absolute Gasteiger partial charge is 0.493 e. The van der Waals surface area contributed by atoms with Crippen molar-refractivity contribution in [1.29, 1.82) is 5.41 Å². The Morgan fingerprint density at radius 2 is 1.94 bits per heavy atom. The van der Waals surface area contributed by atoms with E-state index in [9.17, 15) is 4.79 Å². The van der Waals surface area contributed by atoms with E-state index in [-0.39, 0.29) is 36.7 Å². The lowest BCUT2D eigenvalue weighted by molar-refractivity contribution is -0.114. The van der Waals surface area contributed by atoms with Crippen molar-refractivity contribution in [3.8, 4) is 5.75 Å². The number of anilines is 2. The number of benzene rings is 1. The van der Waals surface area contributed by atoms with Gasteiger partial charge in [0.15, 0.2) is 5.96 Å². The first kappa shape index (κ1) is 26.5. The predicted octanol–water partition coefficient (Wildman–Crippen LogP) is 3.43. The molecule has 0 radical (unpaired) electrons. The molecule has 0 saturated carbocycles. The van der Waals surface area contributed by atoms with E-state index in [1.165, 1.54) is 18.1 Å². The molecule has 2 aromatic rings. The summed E-state index contributed by atoms with van der Waals surface area (Å²) in [5.41, 5.74) is 8.88. The van der Waals surface area contributed by atoms with Crippen LogP contribution in [0.5, 0.6) is 5.75 Å². The molecule has 4 rings (SSSR count). The highest BCUT2D eigenvalue weighted by molar-refractivity contribution is 5.88. The number of hydrogen-bond donors (Lipinski definition) is 3. The molecule has 0 bridgehead atoms. The maximum Gasteiger partial charge on any atom is 0.221 e. The molecule has 1 fully saturated rings. The van der Waals surface area contributed by atoms with Crippen molar-refractivity contribution >= 4 is 48.2 Å². The van der Waals surface area contributed by atoms with Gasteiger partial charge in [-0.15, -0.1) is 24.8 Å². The molecule has 0 aliphatic carbocycles. The SMILES string of the molecule is CC(=O)Nc1ccc(N2CCC(COc3ccc4c(c3)CN(C(=N)N)CC4)CC2)nc1.Cl.Cl. The molecule has 10 heteroatoms. The molecule has 1 amide bonds. The minimum absolute atomic E-state index is 0. The lowest BCUT2D eigenvalue weighted by Gasteiger charge is -2.33. The van der Waals surface area contributed by atoms with Gasteiger partial charge in [-0.1, -0.05) is 6.07 Å². The molecular formula is C23H32Cl2N6O2. The van der Waals surface area contributed by atoms with E-state index < -0.39 is 0 Å². The number of amides is 1. The fourth-order valence-corrected chi connectivity index (χ4v) is 4.22. The minimum atomic E-state index is -0.0922. The zero-order valence-corrected chi connectivity index (χ0v) is 20.4. The number of nitrogens with zero attached hydrogens (tertiary/aromatic N) is 3. The van der Waals surface area contributed by atoms with E-state index in [2.05, 4.69) is 33.4 Å². The molecule has 2 aliphatic heterocycles. The van der Waals surface area contributed by atoms with Gasteiger partial charge < -0.3 is 25.6 Å². The molecule has 8 nitrogen and oxygen atoms in total. The second kappa shape index (κ2) is 12.0. The van der Waals surface area contributed by atoms with Crippen molar-refractivity contribution in [2.75, 3.05) is 36.5 Å². The van der Waals surface area contributed by atoms with Crippen LogP contribution in [0, 0.1) is 11.3 Å². The highest BCUT2D eigenvalue weighted by atomic mass is 35.5. The van der Waals surface area contributed by atoms with Gasteiger partial charge in [0.2, 0.25) is 5.91 Å². The molecule has 0 atom stereocenters. The number of carbonyl (C=O) groups excluding carboxylic acids is 1. The quantitative estimate of drug-likeness (QED) is 0.434. The maximum atomic E-state index is 11.1. The number of rotatable bonds is 5. The van der Waals surface area contributed by atoms with Gasteiger partial charge in [0.1, 0.15) is 11.6 Å². The van der Waals surface area contributed by atoms with Crippen LogP contribution < -0.4 is 20.7 Å². The lowest BCUT2D eigenvalue weighted by Crippen LogP contribution is -2.40. The third kappa shape index (κ3) is 6.88. The zero-order valence-electron chi connectivity index (χ0n) is 18.8. The Morgan fingerprint density at radius 3 is 2.58 bits per heavy atom. The molecule has 0 spiro atoms. The number of piperidine rings is 1. The summed E-state index contributed by atoms with van der Waals surface area (Å²) in [6.07, 6.45) is 4.72. The van der Waals surface area contributed by atoms with Crippen LogP contribution in [0.15, 0.2) is 36.5 Å². The molecule has 1 saturated heterocycles. The van der Waals surface area contributed by atoms with Crippen LogP contribution in [0.1, 0.15) is 30.9 Å². The maximum absolute atomic E-state index is 11.1.